The van der Waals surface area contributed by atoms with E-state index in [1.165, 1.54) is 0 Å². The molecule has 0 bridgehead atoms. The number of aromatic nitrogens is 2. The number of amides is 1. The third-order valence-corrected chi connectivity index (χ3v) is 5.98. The lowest BCUT2D eigenvalue weighted by atomic mass is 10.2. The Balaban J connectivity index is 1.45. The quantitative estimate of drug-likeness (QED) is 0.554. The van der Waals surface area contributed by atoms with Gasteiger partial charge in [0.25, 0.3) is 0 Å². The number of nitrogens with zero attached hydrogens (tertiary/aromatic N) is 3. The zero-order chi connectivity index (χ0) is 16.9. The molecular formula is C16H16BrN3O2S2. The van der Waals surface area contributed by atoms with E-state index in [1.54, 1.807) is 27.6 Å². The summed E-state index contributed by atoms with van der Waals surface area (Å²) in [7, 11) is 1.83. The summed E-state index contributed by atoms with van der Waals surface area (Å²) in [4.78, 5) is 20.5. The first kappa shape index (κ1) is 17.3. The van der Waals surface area contributed by atoms with Crippen molar-refractivity contribution in [1.82, 2.24) is 15.0 Å². The van der Waals surface area contributed by atoms with Crippen molar-refractivity contribution < 1.29 is 9.32 Å². The standard InChI is InChI=1S/C16H16BrN3O2S2/c1-20(9-12-8-11(17)10-24-12)15(21)6-2-5-14-18-16(19-22-14)13-4-3-7-23-13/h3-4,7-8,10H,2,5-6,9H2,1H3. The number of aryl methyl sites for hydroxylation is 1. The van der Waals surface area contributed by atoms with Crippen LogP contribution in [0, 0.1) is 0 Å². The molecule has 3 heterocycles. The molecule has 24 heavy (non-hydrogen) atoms. The average molecular weight is 426 g/mol. The fraction of sp³-hybridized carbons (Fsp3) is 0.312. The van der Waals surface area contributed by atoms with Crippen LogP contribution in [-0.4, -0.2) is 28.0 Å². The summed E-state index contributed by atoms with van der Waals surface area (Å²) >= 11 is 6.65. The topological polar surface area (TPSA) is 59.2 Å². The van der Waals surface area contributed by atoms with Crippen molar-refractivity contribution in [3.63, 3.8) is 0 Å². The second-order valence-corrected chi connectivity index (χ2v) is 8.18. The predicted molar refractivity (Wildman–Crippen MR) is 99.0 cm³/mol. The highest BCUT2D eigenvalue weighted by atomic mass is 79.9. The van der Waals surface area contributed by atoms with E-state index in [9.17, 15) is 4.79 Å². The van der Waals surface area contributed by atoms with Crippen LogP contribution in [0.1, 0.15) is 23.6 Å². The highest BCUT2D eigenvalue weighted by molar-refractivity contribution is 9.10. The van der Waals surface area contributed by atoms with Crippen LogP contribution in [0.25, 0.3) is 10.7 Å². The van der Waals surface area contributed by atoms with Gasteiger partial charge in [0, 0.05) is 34.6 Å². The van der Waals surface area contributed by atoms with Gasteiger partial charge < -0.3 is 9.42 Å². The number of thiophene rings is 2. The Bertz CT molecular complexity index is 798. The minimum absolute atomic E-state index is 0.123. The number of hydrogen-bond acceptors (Lipinski definition) is 6. The molecule has 0 aliphatic carbocycles. The summed E-state index contributed by atoms with van der Waals surface area (Å²) in [5, 5.41) is 7.98. The SMILES string of the molecule is CN(Cc1cc(Br)cs1)C(=O)CCCc1nc(-c2cccs2)no1. The molecule has 0 unspecified atom stereocenters. The molecule has 0 radical (unpaired) electrons. The lowest BCUT2D eigenvalue weighted by Gasteiger charge is -2.15. The fourth-order valence-corrected chi connectivity index (χ4v) is 4.36. The molecule has 0 spiro atoms. The van der Waals surface area contributed by atoms with Crippen LogP contribution in [0.5, 0.6) is 0 Å². The van der Waals surface area contributed by atoms with E-state index in [0.29, 0.717) is 37.5 Å². The molecule has 0 saturated heterocycles. The van der Waals surface area contributed by atoms with Gasteiger partial charge in [0.05, 0.1) is 11.4 Å². The predicted octanol–water partition coefficient (Wildman–Crippen LogP) is 4.60. The van der Waals surface area contributed by atoms with Crippen molar-refractivity contribution in [2.45, 2.75) is 25.8 Å². The van der Waals surface area contributed by atoms with E-state index in [-0.39, 0.29) is 5.91 Å². The molecule has 126 valence electrons. The molecular weight excluding hydrogens is 410 g/mol. The van der Waals surface area contributed by atoms with Gasteiger partial charge in [-0.3, -0.25) is 4.79 Å². The van der Waals surface area contributed by atoms with E-state index in [1.807, 2.05) is 36.0 Å². The molecule has 3 rings (SSSR count). The van der Waals surface area contributed by atoms with Gasteiger partial charge in [-0.05, 0) is 39.9 Å². The van der Waals surface area contributed by atoms with Gasteiger partial charge in [-0.15, -0.1) is 22.7 Å². The van der Waals surface area contributed by atoms with Gasteiger partial charge in [0.2, 0.25) is 17.6 Å². The van der Waals surface area contributed by atoms with Gasteiger partial charge in [-0.2, -0.15) is 4.98 Å². The molecule has 5 nitrogen and oxygen atoms in total. The number of rotatable bonds is 7. The molecule has 0 aliphatic heterocycles. The van der Waals surface area contributed by atoms with Crippen LogP contribution >= 0.6 is 38.6 Å². The van der Waals surface area contributed by atoms with Crippen LogP contribution in [-0.2, 0) is 17.8 Å². The molecule has 0 N–H and O–H groups in total. The molecule has 0 aliphatic rings. The maximum Gasteiger partial charge on any atom is 0.226 e. The van der Waals surface area contributed by atoms with E-state index in [4.69, 9.17) is 4.52 Å². The molecule has 0 fully saturated rings. The number of carbonyl (C=O) groups excluding carboxylic acids is 1. The average Bonchev–Trinajstić information content (AvgIpc) is 3.28. The zero-order valence-electron chi connectivity index (χ0n) is 13.1. The maximum atomic E-state index is 12.2. The first-order chi connectivity index (χ1) is 11.6. The van der Waals surface area contributed by atoms with Crippen LogP contribution < -0.4 is 0 Å². The van der Waals surface area contributed by atoms with Gasteiger partial charge in [-0.1, -0.05) is 11.2 Å². The highest BCUT2D eigenvalue weighted by Crippen LogP contribution is 2.22. The van der Waals surface area contributed by atoms with E-state index >= 15 is 0 Å². The minimum Gasteiger partial charge on any atom is -0.341 e. The Kier molecular flexibility index (Phi) is 5.80. The highest BCUT2D eigenvalue weighted by Gasteiger charge is 2.13. The smallest absolute Gasteiger partial charge is 0.226 e. The molecule has 0 saturated carbocycles. The monoisotopic (exact) mass is 425 g/mol. The summed E-state index contributed by atoms with van der Waals surface area (Å²) in [6.45, 7) is 0.637. The maximum absolute atomic E-state index is 12.2. The lowest BCUT2D eigenvalue weighted by molar-refractivity contribution is -0.130. The fourth-order valence-electron chi connectivity index (χ4n) is 2.20. The molecule has 0 atom stereocenters. The normalized spacial score (nSPS) is 10.9. The molecule has 0 aromatic carbocycles. The van der Waals surface area contributed by atoms with E-state index < -0.39 is 0 Å². The molecule has 8 heteroatoms. The summed E-state index contributed by atoms with van der Waals surface area (Å²) in [5.74, 6) is 1.32. The van der Waals surface area contributed by atoms with Crippen molar-refractivity contribution in [3.8, 4) is 10.7 Å². The second kappa shape index (κ2) is 8.04. The first-order valence-electron chi connectivity index (χ1n) is 7.45. The van der Waals surface area contributed by atoms with Crippen LogP contribution in [0.3, 0.4) is 0 Å². The number of hydrogen-bond donors (Lipinski definition) is 0. The number of carbonyl (C=O) groups is 1. The van der Waals surface area contributed by atoms with Crippen LogP contribution in [0.15, 0.2) is 38.0 Å². The summed E-state index contributed by atoms with van der Waals surface area (Å²) in [6, 6.07) is 5.95. The van der Waals surface area contributed by atoms with Crippen molar-refractivity contribution >= 4 is 44.5 Å². The number of halogens is 1. The van der Waals surface area contributed by atoms with Gasteiger partial charge >= 0.3 is 0 Å². The largest absolute Gasteiger partial charge is 0.341 e. The summed E-state index contributed by atoms with van der Waals surface area (Å²) in [6.07, 6.45) is 1.78. The lowest BCUT2D eigenvalue weighted by Crippen LogP contribution is -2.25. The Hall–Kier alpha value is -1.51. The van der Waals surface area contributed by atoms with Crippen molar-refractivity contribution in [2.24, 2.45) is 0 Å². The molecule has 1 amide bonds. The van der Waals surface area contributed by atoms with E-state index in [2.05, 4.69) is 26.1 Å². The Morgan fingerprint density at radius 2 is 2.29 bits per heavy atom. The van der Waals surface area contributed by atoms with Crippen molar-refractivity contribution in [3.05, 3.63) is 44.2 Å². The van der Waals surface area contributed by atoms with E-state index in [0.717, 1.165) is 14.2 Å². The van der Waals surface area contributed by atoms with Crippen LogP contribution in [0.2, 0.25) is 0 Å². The Morgan fingerprint density at radius 1 is 1.42 bits per heavy atom. The molecule has 3 aromatic heterocycles. The minimum atomic E-state index is 0.123. The first-order valence-corrected chi connectivity index (χ1v) is 10.0. The van der Waals surface area contributed by atoms with Gasteiger partial charge in [-0.25, -0.2) is 0 Å². The van der Waals surface area contributed by atoms with Gasteiger partial charge in [0.1, 0.15) is 0 Å². The molecule has 3 aromatic rings. The third-order valence-electron chi connectivity index (χ3n) is 3.43. The summed E-state index contributed by atoms with van der Waals surface area (Å²) in [5.41, 5.74) is 0. The zero-order valence-corrected chi connectivity index (χ0v) is 16.3. The third kappa shape index (κ3) is 4.52. The Morgan fingerprint density at radius 3 is 3.00 bits per heavy atom. The van der Waals surface area contributed by atoms with Crippen molar-refractivity contribution in [1.29, 1.82) is 0 Å². The second-order valence-electron chi connectivity index (χ2n) is 5.32. The summed E-state index contributed by atoms with van der Waals surface area (Å²) < 4.78 is 6.30. The van der Waals surface area contributed by atoms with Gasteiger partial charge in [0.15, 0.2) is 0 Å². The Labute approximate surface area is 156 Å². The van der Waals surface area contributed by atoms with Crippen molar-refractivity contribution in [2.75, 3.05) is 7.05 Å². The van der Waals surface area contributed by atoms with Crippen LogP contribution in [0.4, 0.5) is 0 Å².